The molecule has 0 radical (unpaired) electrons. The van der Waals surface area contributed by atoms with Gasteiger partial charge in [-0.15, -0.1) is 0 Å². The molecule has 4 nitrogen and oxygen atoms in total. The highest BCUT2D eigenvalue weighted by Crippen LogP contribution is 2.35. The molecule has 0 aromatic heterocycles. The fourth-order valence-corrected chi connectivity index (χ4v) is 2.62. The van der Waals surface area contributed by atoms with Crippen LogP contribution in [-0.2, 0) is 0 Å². The summed E-state index contributed by atoms with van der Waals surface area (Å²) in [7, 11) is 0. The van der Waals surface area contributed by atoms with E-state index < -0.39 is 5.54 Å². The lowest BCUT2D eigenvalue weighted by atomic mass is 10.1. The summed E-state index contributed by atoms with van der Waals surface area (Å²) in [6.07, 6.45) is 0. The maximum Gasteiger partial charge on any atom is 0.272 e. The average molecular weight is 351 g/mol. The van der Waals surface area contributed by atoms with E-state index in [2.05, 4.69) is 37.0 Å². The number of rotatable bonds is 1. The van der Waals surface area contributed by atoms with E-state index in [1.165, 1.54) is 0 Å². The van der Waals surface area contributed by atoms with Gasteiger partial charge in [-0.3, -0.25) is 0 Å². The molecule has 1 aromatic carbocycles. The van der Waals surface area contributed by atoms with Crippen LogP contribution >= 0.6 is 31.9 Å². The molecule has 0 fully saturated rings. The van der Waals surface area contributed by atoms with Gasteiger partial charge in [-0.1, -0.05) is 4.86 Å². The number of benzene rings is 1. The van der Waals surface area contributed by atoms with Crippen LogP contribution in [0.5, 0.6) is 0 Å². The van der Waals surface area contributed by atoms with Crippen molar-refractivity contribution < 1.29 is 4.86 Å². The van der Waals surface area contributed by atoms with E-state index in [-0.39, 0.29) is 0 Å². The van der Waals surface area contributed by atoms with Crippen molar-refractivity contribution in [1.82, 2.24) is 0 Å². The van der Waals surface area contributed by atoms with E-state index >= 15 is 0 Å². The predicted molar refractivity (Wildman–Crippen MR) is 71.7 cm³/mol. The van der Waals surface area contributed by atoms with Crippen LogP contribution in [0.2, 0.25) is 0 Å². The molecule has 1 aromatic rings. The molecule has 0 saturated carbocycles. The molecule has 0 aliphatic rings. The van der Waals surface area contributed by atoms with Crippen LogP contribution in [0.4, 0.5) is 11.4 Å². The van der Waals surface area contributed by atoms with Gasteiger partial charge in [0.05, 0.1) is 8.95 Å². The second-order valence-electron chi connectivity index (χ2n) is 4.38. The summed E-state index contributed by atoms with van der Waals surface area (Å²) in [5.41, 5.74) is 6.21. The summed E-state index contributed by atoms with van der Waals surface area (Å²) < 4.78 is 1.23. The normalized spacial score (nSPS) is 12.9. The van der Waals surface area contributed by atoms with Crippen molar-refractivity contribution in [3.8, 4) is 0 Å². The first-order chi connectivity index (χ1) is 7.20. The van der Waals surface area contributed by atoms with Crippen LogP contribution in [0.1, 0.15) is 20.8 Å². The molecule has 0 bridgehead atoms. The zero-order chi connectivity index (χ0) is 12.5. The molecule has 16 heavy (non-hydrogen) atoms. The number of nitrogens with zero attached hydrogens (tertiary/aromatic N) is 2. The smallest absolute Gasteiger partial charge is 0.272 e. The summed E-state index contributed by atoms with van der Waals surface area (Å²) in [6.45, 7) is 5.57. The monoisotopic (exact) mass is 349 g/mol. The first-order valence-electron chi connectivity index (χ1n) is 4.65. The van der Waals surface area contributed by atoms with Crippen LogP contribution < -0.4 is 5.73 Å². The highest BCUT2D eigenvalue weighted by molar-refractivity contribution is 9.11. The van der Waals surface area contributed by atoms with E-state index in [1.807, 2.05) is 20.8 Å². The van der Waals surface area contributed by atoms with E-state index in [0.717, 1.165) is 0 Å². The highest BCUT2D eigenvalue weighted by atomic mass is 79.9. The van der Waals surface area contributed by atoms with Crippen LogP contribution in [0.3, 0.4) is 0 Å². The number of nitrogen functional groups attached to an aromatic ring is 1. The quantitative estimate of drug-likeness (QED) is 0.357. The molecule has 0 spiro atoms. The fourth-order valence-electron chi connectivity index (χ4n) is 1.09. The second kappa shape index (κ2) is 4.71. The summed E-state index contributed by atoms with van der Waals surface area (Å²) in [5, 5.41) is 15.9. The highest BCUT2D eigenvalue weighted by Gasteiger charge is 2.20. The van der Waals surface area contributed by atoms with Gasteiger partial charge in [0, 0.05) is 5.69 Å². The van der Waals surface area contributed by atoms with Gasteiger partial charge in [0.1, 0.15) is 5.54 Å². The molecule has 0 amide bonds. The van der Waals surface area contributed by atoms with Gasteiger partial charge < -0.3 is 10.9 Å². The molecule has 2 N–H and O–H groups in total. The Morgan fingerprint density at radius 3 is 2.06 bits per heavy atom. The molecule has 0 aliphatic heterocycles. The Bertz CT molecular complexity index is 415. The molecular weight excluding hydrogens is 338 g/mol. The van der Waals surface area contributed by atoms with Crippen LogP contribution in [-0.4, -0.2) is 10.4 Å². The Kier molecular flexibility index (Phi) is 3.96. The second-order valence-corrected chi connectivity index (χ2v) is 6.09. The van der Waals surface area contributed by atoms with Crippen molar-refractivity contribution in [1.29, 1.82) is 0 Å². The maximum atomic E-state index is 11.9. The van der Waals surface area contributed by atoms with Gasteiger partial charge in [0.25, 0.3) is 5.69 Å². The Morgan fingerprint density at radius 2 is 1.69 bits per heavy atom. The van der Waals surface area contributed by atoms with E-state index in [4.69, 9.17) is 5.73 Å². The minimum Gasteiger partial charge on any atom is -0.594 e. The first kappa shape index (κ1) is 13.4. The molecular formula is C10H13Br2N3O. The molecule has 88 valence electrons. The van der Waals surface area contributed by atoms with E-state index in [1.54, 1.807) is 12.1 Å². The number of hydrogen-bond donors (Lipinski definition) is 1. The van der Waals surface area contributed by atoms with Crippen LogP contribution in [0.25, 0.3) is 0 Å². The number of nitrogens with two attached hydrogens (primary N) is 1. The number of hydrogen-bond acceptors (Lipinski definition) is 3. The minimum absolute atomic E-state index is 0.420. The zero-order valence-corrected chi connectivity index (χ0v) is 12.5. The van der Waals surface area contributed by atoms with Crippen molar-refractivity contribution in [3.63, 3.8) is 0 Å². The molecule has 1 rings (SSSR count). The van der Waals surface area contributed by atoms with Crippen molar-refractivity contribution >= 4 is 43.2 Å². The molecule has 0 unspecified atom stereocenters. The average Bonchev–Trinajstić information content (AvgIpc) is 1.96. The maximum absolute atomic E-state index is 11.9. The molecule has 0 heterocycles. The van der Waals surface area contributed by atoms with Crippen molar-refractivity contribution in [2.75, 3.05) is 5.73 Å². The SMILES string of the molecule is CC(C)(C)N=[N+]([O-])c1c(Br)cc(N)cc1Br. The topological polar surface area (TPSA) is 64.5 Å². The predicted octanol–water partition coefficient (Wildman–Crippen LogP) is 4.19. The van der Waals surface area contributed by atoms with Crippen LogP contribution in [0.15, 0.2) is 26.2 Å². The lowest BCUT2D eigenvalue weighted by molar-refractivity contribution is -0.451. The van der Waals surface area contributed by atoms with Gasteiger partial charge in [-0.25, -0.2) is 0 Å². The van der Waals surface area contributed by atoms with Gasteiger partial charge >= 0.3 is 0 Å². The Morgan fingerprint density at radius 1 is 1.25 bits per heavy atom. The number of anilines is 1. The zero-order valence-electron chi connectivity index (χ0n) is 9.29. The van der Waals surface area contributed by atoms with Gasteiger partial charge in [0.15, 0.2) is 0 Å². The number of halogens is 2. The third-order valence-electron chi connectivity index (χ3n) is 1.62. The third kappa shape index (κ3) is 3.45. The van der Waals surface area contributed by atoms with Crippen molar-refractivity contribution in [3.05, 3.63) is 26.3 Å². The minimum atomic E-state index is -0.429. The molecule has 0 saturated heterocycles. The summed E-state index contributed by atoms with van der Waals surface area (Å²) in [5.74, 6) is 0. The fraction of sp³-hybridized carbons (Fsp3) is 0.400. The van der Waals surface area contributed by atoms with Gasteiger partial charge in [0.2, 0.25) is 0 Å². The molecule has 0 aliphatic carbocycles. The van der Waals surface area contributed by atoms with Crippen molar-refractivity contribution in [2.24, 2.45) is 5.11 Å². The summed E-state index contributed by atoms with van der Waals surface area (Å²) in [6, 6.07) is 3.34. The van der Waals surface area contributed by atoms with Crippen LogP contribution in [0, 0.1) is 5.21 Å². The standard InChI is InChI=1S/C10H13Br2N3O/c1-10(2,3)14-15(16)9-7(11)4-6(13)5-8(9)12/h4-5H,13H2,1-3H3. The third-order valence-corrected chi connectivity index (χ3v) is 2.83. The largest absolute Gasteiger partial charge is 0.594 e. The summed E-state index contributed by atoms with van der Waals surface area (Å²) in [4.78, 5) is 0.605. The van der Waals surface area contributed by atoms with E-state index in [9.17, 15) is 5.21 Å². The Labute approximate surface area is 111 Å². The lowest BCUT2D eigenvalue weighted by Gasteiger charge is -2.11. The Balaban J connectivity index is 3.29. The van der Waals surface area contributed by atoms with E-state index in [0.29, 0.717) is 25.2 Å². The Hall–Kier alpha value is -0.620. The number of azo groups is 1. The van der Waals surface area contributed by atoms with Gasteiger partial charge in [-0.05, 0) is 69.9 Å². The molecule has 6 heteroatoms. The van der Waals surface area contributed by atoms with Crippen molar-refractivity contribution in [2.45, 2.75) is 26.3 Å². The first-order valence-corrected chi connectivity index (χ1v) is 6.24. The summed E-state index contributed by atoms with van der Waals surface area (Å²) >= 11 is 6.59. The lowest BCUT2D eigenvalue weighted by Crippen LogP contribution is -2.13. The molecule has 0 atom stereocenters. The van der Waals surface area contributed by atoms with Gasteiger partial charge in [-0.2, -0.15) is 0 Å².